The van der Waals surface area contributed by atoms with E-state index in [1.807, 2.05) is 0 Å². The van der Waals surface area contributed by atoms with Gasteiger partial charge in [-0.3, -0.25) is 0 Å². The minimum Gasteiger partial charge on any atom is -0.371 e. The van der Waals surface area contributed by atoms with Gasteiger partial charge in [-0.25, -0.2) is 0 Å². The summed E-state index contributed by atoms with van der Waals surface area (Å²) in [6.45, 7) is 18.8. The van der Waals surface area contributed by atoms with Crippen LogP contribution in [-0.4, -0.2) is 13.1 Å². The van der Waals surface area contributed by atoms with E-state index in [1.165, 1.54) is 56.4 Å². The first-order chi connectivity index (χ1) is 10.7. The summed E-state index contributed by atoms with van der Waals surface area (Å²) < 4.78 is 0. The van der Waals surface area contributed by atoms with Crippen molar-refractivity contribution in [3.63, 3.8) is 0 Å². The number of nitrogens with zero attached hydrogens (tertiary/aromatic N) is 1. The van der Waals surface area contributed by atoms with Gasteiger partial charge in [0.2, 0.25) is 0 Å². The minimum atomic E-state index is 0.200. The second-order valence-electron chi connectivity index (χ2n) is 8.83. The van der Waals surface area contributed by atoms with E-state index in [1.54, 1.807) is 0 Å². The number of para-hydroxylation sites is 1. The number of hydrogen-bond donors (Lipinski definition) is 0. The van der Waals surface area contributed by atoms with Crippen LogP contribution in [0.15, 0.2) is 24.3 Å². The fraction of sp³-hybridized carbons (Fsp3) is 0.727. The van der Waals surface area contributed by atoms with Crippen LogP contribution in [0.1, 0.15) is 86.1 Å². The Morgan fingerprint density at radius 2 is 1.35 bits per heavy atom. The van der Waals surface area contributed by atoms with Crippen LogP contribution in [0, 0.1) is 5.41 Å². The van der Waals surface area contributed by atoms with Gasteiger partial charge in [0.1, 0.15) is 0 Å². The largest absolute Gasteiger partial charge is 0.371 e. The van der Waals surface area contributed by atoms with Gasteiger partial charge in [-0.1, -0.05) is 79.5 Å². The van der Waals surface area contributed by atoms with Gasteiger partial charge in [0, 0.05) is 18.8 Å². The van der Waals surface area contributed by atoms with Gasteiger partial charge in [0.25, 0.3) is 0 Å². The van der Waals surface area contributed by atoms with Gasteiger partial charge >= 0.3 is 0 Å². The maximum atomic E-state index is 2.63. The Morgan fingerprint density at radius 3 is 1.83 bits per heavy atom. The summed E-state index contributed by atoms with van der Waals surface area (Å²) >= 11 is 0. The van der Waals surface area contributed by atoms with E-state index in [-0.39, 0.29) is 5.41 Å². The lowest BCUT2D eigenvalue weighted by Gasteiger charge is -2.37. The highest BCUT2D eigenvalue weighted by atomic mass is 15.1. The molecule has 0 aliphatic heterocycles. The molecule has 0 unspecified atom stereocenters. The number of benzene rings is 1. The highest BCUT2D eigenvalue weighted by Gasteiger charge is 2.30. The molecule has 0 bridgehead atoms. The molecule has 0 spiro atoms. The Morgan fingerprint density at radius 1 is 0.826 bits per heavy atom. The normalized spacial score (nSPS) is 12.5. The number of anilines is 1. The topological polar surface area (TPSA) is 3.24 Å². The monoisotopic (exact) mass is 317 g/mol. The van der Waals surface area contributed by atoms with E-state index in [4.69, 9.17) is 0 Å². The zero-order chi connectivity index (χ0) is 17.5. The van der Waals surface area contributed by atoms with Crippen molar-refractivity contribution in [3.05, 3.63) is 29.8 Å². The van der Waals surface area contributed by atoms with Gasteiger partial charge in [-0.15, -0.1) is 0 Å². The van der Waals surface area contributed by atoms with Crippen molar-refractivity contribution in [1.82, 2.24) is 0 Å². The number of unbranched alkanes of at least 4 members (excludes halogenated alkanes) is 2. The summed E-state index contributed by atoms with van der Waals surface area (Å²) in [6.07, 6.45) is 6.27. The van der Waals surface area contributed by atoms with Gasteiger partial charge in [0.15, 0.2) is 0 Å². The molecule has 1 aromatic carbocycles. The lowest BCUT2D eigenvalue weighted by Crippen LogP contribution is -2.31. The van der Waals surface area contributed by atoms with E-state index in [0.29, 0.717) is 5.41 Å². The van der Waals surface area contributed by atoms with Crippen LogP contribution in [0.2, 0.25) is 0 Å². The lowest BCUT2D eigenvalue weighted by atomic mass is 9.71. The van der Waals surface area contributed by atoms with Gasteiger partial charge in [-0.05, 0) is 41.7 Å². The zero-order valence-electron chi connectivity index (χ0n) is 16.7. The summed E-state index contributed by atoms with van der Waals surface area (Å²) in [4.78, 5) is 2.63. The molecule has 0 aliphatic carbocycles. The molecule has 1 heteroatoms. The highest BCUT2D eigenvalue weighted by Crippen LogP contribution is 2.40. The average molecular weight is 318 g/mol. The zero-order valence-corrected chi connectivity index (χ0v) is 16.7. The van der Waals surface area contributed by atoms with E-state index in [0.717, 1.165) is 0 Å². The third-order valence-electron chi connectivity index (χ3n) is 4.51. The molecule has 0 radical (unpaired) electrons. The molecular weight excluding hydrogens is 278 g/mol. The molecule has 23 heavy (non-hydrogen) atoms. The molecule has 0 saturated carbocycles. The fourth-order valence-electron chi connectivity index (χ4n) is 3.79. The maximum Gasteiger partial charge on any atom is 0.0404 e. The van der Waals surface area contributed by atoms with Crippen LogP contribution in [0.25, 0.3) is 0 Å². The van der Waals surface area contributed by atoms with Crippen LogP contribution in [0.3, 0.4) is 0 Å². The molecular formula is C22H39N. The molecule has 0 saturated heterocycles. The second-order valence-corrected chi connectivity index (χ2v) is 8.83. The van der Waals surface area contributed by atoms with Crippen LogP contribution in [0.4, 0.5) is 5.69 Å². The Kier molecular flexibility index (Phi) is 7.64. The molecule has 0 atom stereocenters. The Bertz CT molecular complexity index is 445. The fourth-order valence-corrected chi connectivity index (χ4v) is 3.79. The van der Waals surface area contributed by atoms with Gasteiger partial charge < -0.3 is 4.90 Å². The third-order valence-corrected chi connectivity index (χ3v) is 4.51. The van der Waals surface area contributed by atoms with Crippen LogP contribution in [-0.2, 0) is 5.41 Å². The lowest BCUT2D eigenvalue weighted by molar-refractivity contribution is 0.284. The molecule has 0 N–H and O–H groups in total. The predicted octanol–water partition coefficient (Wildman–Crippen LogP) is 6.81. The molecule has 1 nitrogen and oxygen atoms in total. The Labute approximate surface area is 145 Å². The SMILES string of the molecule is CCCCN(CCCC)c1ccccc1C(C)(C)CC(C)(C)C. The molecule has 1 rings (SSSR count). The minimum absolute atomic E-state index is 0.200. The quantitative estimate of drug-likeness (QED) is 0.483. The Hall–Kier alpha value is -0.980. The van der Waals surface area contributed by atoms with Gasteiger partial charge in [0.05, 0.1) is 0 Å². The van der Waals surface area contributed by atoms with Crippen molar-refractivity contribution in [1.29, 1.82) is 0 Å². The standard InChI is InChI=1S/C22H39N/c1-8-10-16-23(17-11-9-2)20-15-13-12-14-19(20)22(6,7)18-21(3,4)5/h12-15H,8-11,16-18H2,1-7H3. The van der Waals surface area contributed by atoms with E-state index < -0.39 is 0 Å². The van der Waals surface area contributed by atoms with Crippen LogP contribution >= 0.6 is 0 Å². The summed E-state index contributed by atoms with van der Waals surface area (Å²) in [5.74, 6) is 0. The summed E-state index contributed by atoms with van der Waals surface area (Å²) in [6, 6.07) is 9.11. The van der Waals surface area contributed by atoms with Gasteiger partial charge in [-0.2, -0.15) is 0 Å². The van der Waals surface area contributed by atoms with Crippen molar-refractivity contribution in [2.24, 2.45) is 5.41 Å². The van der Waals surface area contributed by atoms with E-state index in [9.17, 15) is 0 Å². The molecule has 1 aromatic rings. The van der Waals surface area contributed by atoms with Crippen molar-refractivity contribution in [2.45, 2.75) is 86.0 Å². The first-order valence-electron chi connectivity index (χ1n) is 9.55. The van der Waals surface area contributed by atoms with Crippen LogP contribution < -0.4 is 4.90 Å². The third kappa shape index (κ3) is 6.57. The highest BCUT2D eigenvalue weighted by molar-refractivity contribution is 5.56. The molecule has 132 valence electrons. The molecule has 0 aliphatic rings. The Balaban J connectivity index is 3.14. The first-order valence-corrected chi connectivity index (χ1v) is 9.55. The summed E-state index contributed by atoms with van der Waals surface area (Å²) in [5.41, 5.74) is 3.52. The molecule has 0 fully saturated rings. The predicted molar refractivity (Wildman–Crippen MR) is 106 cm³/mol. The smallest absolute Gasteiger partial charge is 0.0404 e. The van der Waals surface area contributed by atoms with Crippen molar-refractivity contribution >= 4 is 5.69 Å². The molecule has 0 amide bonds. The second kappa shape index (κ2) is 8.76. The van der Waals surface area contributed by atoms with Crippen molar-refractivity contribution in [2.75, 3.05) is 18.0 Å². The number of hydrogen-bond acceptors (Lipinski definition) is 1. The van der Waals surface area contributed by atoms with Crippen molar-refractivity contribution in [3.8, 4) is 0 Å². The maximum absolute atomic E-state index is 2.63. The number of rotatable bonds is 9. The average Bonchev–Trinajstić information content (AvgIpc) is 2.45. The van der Waals surface area contributed by atoms with Crippen LogP contribution in [0.5, 0.6) is 0 Å². The van der Waals surface area contributed by atoms with Crippen molar-refractivity contribution < 1.29 is 0 Å². The summed E-state index contributed by atoms with van der Waals surface area (Å²) in [5, 5.41) is 0. The first kappa shape index (κ1) is 20.1. The summed E-state index contributed by atoms with van der Waals surface area (Å²) in [7, 11) is 0. The van der Waals surface area contributed by atoms with E-state index >= 15 is 0 Å². The molecule has 0 heterocycles. The van der Waals surface area contributed by atoms with E-state index in [2.05, 4.69) is 77.6 Å². The molecule has 0 aromatic heterocycles.